The van der Waals surface area contributed by atoms with E-state index in [1.807, 2.05) is 0 Å². The number of hydrogen-bond donors (Lipinski definition) is 0. The van der Waals surface area contributed by atoms with Crippen LogP contribution in [0.1, 0.15) is 16.7 Å². The average molecular weight is 447 g/mol. The van der Waals surface area contributed by atoms with Crippen LogP contribution in [0.5, 0.6) is 5.75 Å². The molecule has 0 radical (unpaired) electrons. The molecular weight excluding hydrogens is 425 g/mol. The molecule has 0 aliphatic heterocycles. The van der Waals surface area contributed by atoms with E-state index in [0.29, 0.717) is 16.5 Å². The van der Waals surface area contributed by atoms with Crippen LogP contribution in [0.4, 0.5) is 4.39 Å². The SMILES string of the molecule is COC(=O)COc1ccc(F)c2c1c(C)c(Cc1ccc(S(C)(=O)=O)cc1)c(=O)n2C. The Morgan fingerprint density at radius 1 is 1.13 bits per heavy atom. The Balaban J connectivity index is 2.14. The molecule has 31 heavy (non-hydrogen) atoms. The van der Waals surface area contributed by atoms with E-state index in [9.17, 15) is 22.4 Å². The molecule has 0 fully saturated rings. The topological polar surface area (TPSA) is 91.7 Å². The number of rotatable bonds is 6. The fourth-order valence-corrected chi connectivity index (χ4v) is 4.07. The lowest BCUT2D eigenvalue weighted by Crippen LogP contribution is -2.24. The van der Waals surface area contributed by atoms with Crippen LogP contribution in [0.15, 0.2) is 46.1 Å². The Kier molecular flexibility index (Phi) is 6.17. The quantitative estimate of drug-likeness (QED) is 0.540. The van der Waals surface area contributed by atoms with E-state index >= 15 is 0 Å². The van der Waals surface area contributed by atoms with Gasteiger partial charge in [0.2, 0.25) is 0 Å². The number of ether oxygens (including phenoxy) is 2. The highest BCUT2D eigenvalue weighted by Crippen LogP contribution is 2.32. The second-order valence-electron chi connectivity index (χ2n) is 7.19. The monoisotopic (exact) mass is 447 g/mol. The standard InChI is InChI=1S/C22H22FNO6S/c1-13-16(11-14-5-7-15(8-6-14)31(4,27)28)22(26)24(2)21-17(23)9-10-18(20(13)21)30-12-19(25)29-3/h5-10H,11-12H2,1-4H3. The van der Waals surface area contributed by atoms with E-state index in [2.05, 4.69) is 4.74 Å². The maximum Gasteiger partial charge on any atom is 0.343 e. The third-order valence-corrected chi connectivity index (χ3v) is 6.25. The fraction of sp³-hybridized carbons (Fsp3) is 0.273. The van der Waals surface area contributed by atoms with Crippen LogP contribution >= 0.6 is 0 Å². The molecular formula is C22H22FNO6S. The van der Waals surface area contributed by atoms with Gasteiger partial charge in [0.1, 0.15) is 11.6 Å². The summed E-state index contributed by atoms with van der Waals surface area (Å²) in [5, 5.41) is 0.383. The second kappa shape index (κ2) is 8.50. The number of carbonyl (C=O) groups is 1. The molecule has 0 atom stereocenters. The van der Waals surface area contributed by atoms with Crippen LogP contribution in [-0.4, -0.2) is 38.9 Å². The zero-order valence-electron chi connectivity index (χ0n) is 17.6. The first-order valence-corrected chi connectivity index (χ1v) is 11.2. The molecule has 0 saturated heterocycles. The van der Waals surface area contributed by atoms with Gasteiger partial charge < -0.3 is 14.0 Å². The van der Waals surface area contributed by atoms with Gasteiger partial charge in [-0.3, -0.25) is 4.79 Å². The molecule has 3 aromatic rings. The number of sulfone groups is 1. The summed E-state index contributed by atoms with van der Waals surface area (Å²) < 4.78 is 49.3. The van der Waals surface area contributed by atoms with Crippen molar-refractivity contribution in [1.29, 1.82) is 0 Å². The van der Waals surface area contributed by atoms with Crippen molar-refractivity contribution in [3.8, 4) is 5.75 Å². The number of methoxy groups -OCH3 is 1. The number of aryl methyl sites for hydroxylation is 2. The molecule has 0 amide bonds. The van der Waals surface area contributed by atoms with Crippen LogP contribution < -0.4 is 10.3 Å². The Labute approximate surface area is 178 Å². The van der Waals surface area contributed by atoms with Gasteiger partial charge in [0, 0.05) is 30.7 Å². The van der Waals surface area contributed by atoms with Gasteiger partial charge in [-0.05, 0) is 42.3 Å². The van der Waals surface area contributed by atoms with Crippen LogP contribution in [0.3, 0.4) is 0 Å². The molecule has 1 aromatic heterocycles. The lowest BCUT2D eigenvalue weighted by atomic mass is 9.97. The van der Waals surface area contributed by atoms with E-state index in [1.54, 1.807) is 19.1 Å². The number of hydrogen-bond acceptors (Lipinski definition) is 6. The average Bonchev–Trinajstić information content (AvgIpc) is 2.73. The van der Waals surface area contributed by atoms with Gasteiger partial charge in [0.15, 0.2) is 16.4 Å². The van der Waals surface area contributed by atoms with Crippen molar-refractivity contribution in [2.24, 2.45) is 7.05 Å². The fourth-order valence-electron chi connectivity index (χ4n) is 3.44. The maximum atomic E-state index is 14.6. The van der Waals surface area contributed by atoms with Gasteiger partial charge in [-0.25, -0.2) is 17.6 Å². The summed E-state index contributed by atoms with van der Waals surface area (Å²) in [6.07, 6.45) is 1.33. The highest BCUT2D eigenvalue weighted by Gasteiger charge is 2.20. The number of nitrogens with zero attached hydrogens (tertiary/aromatic N) is 1. The van der Waals surface area contributed by atoms with Crippen LogP contribution in [0.2, 0.25) is 0 Å². The molecule has 164 valence electrons. The summed E-state index contributed by atoms with van der Waals surface area (Å²) in [5.74, 6) is -0.929. The Hall–Kier alpha value is -3.20. The van der Waals surface area contributed by atoms with E-state index in [-0.39, 0.29) is 34.7 Å². The number of pyridine rings is 1. The molecule has 0 aliphatic carbocycles. The van der Waals surface area contributed by atoms with Crippen LogP contribution in [0.25, 0.3) is 10.9 Å². The summed E-state index contributed by atoms with van der Waals surface area (Å²) in [6.45, 7) is 1.33. The summed E-state index contributed by atoms with van der Waals surface area (Å²) in [6, 6.07) is 8.83. The van der Waals surface area contributed by atoms with Crippen molar-refractivity contribution in [3.63, 3.8) is 0 Å². The molecule has 0 aliphatic rings. The van der Waals surface area contributed by atoms with Crippen LogP contribution in [-0.2, 0) is 32.8 Å². The van der Waals surface area contributed by atoms with E-state index in [4.69, 9.17) is 4.74 Å². The number of fused-ring (bicyclic) bond motifs is 1. The summed E-state index contributed by atoms with van der Waals surface area (Å²) >= 11 is 0. The first-order valence-electron chi connectivity index (χ1n) is 9.34. The number of benzene rings is 2. The van der Waals surface area contributed by atoms with Gasteiger partial charge in [0.25, 0.3) is 5.56 Å². The predicted octanol–water partition coefficient (Wildman–Crippen LogP) is 2.53. The largest absolute Gasteiger partial charge is 0.481 e. The first kappa shape index (κ1) is 22.5. The van der Waals surface area contributed by atoms with Crippen molar-refractivity contribution in [2.75, 3.05) is 20.0 Å². The molecule has 2 aromatic carbocycles. The molecule has 0 spiro atoms. The molecule has 9 heteroatoms. The molecule has 7 nitrogen and oxygen atoms in total. The Morgan fingerprint density at radius 3 is 2.35 bits per heavy atom. The first-order chi connectivity index (χ1) is 14.5. The summed E-state index contributed by atoms with van der Waals surface area (Å²) in [5.41, 5.74) is 1.35. The van der Waals surface area contributed by atoms with Gasteiger partial charge in [-0.2, -0.15) is 0 Å². The molecule has 0 bridgehead atoms. The summed E-state index contributed by atoms with van der Waals surface area (Å²) in [7, 11) is -0.634. The minimum Gasteiger partial charge on any atom is -0.481 e. The highest BCUT2D eigenvalue weighted by molar-refractivity contribution is 7.90. The van der Waals surface area contributed by atoms with Crippen molar-refractivity contribution in [1.82, 2.24) is 4.57 Å². The maximum absolute atomic E-state index is 14.6. The zero-order valence-corrected chi connectivity index (χ0v) is 18.4. The zero-order chi connectivity index (χ0) is 22.9. The molecule has 0 saturated carbocycles. The molecule has 3 rings (SSSR count). The molecule has 0 unspecified atom stereocenters. The van der Waals surface area contributed by atoms with Gasteiger partial charge in [-0.1, -0.05) is 12.1 Å². The molecule has 1 heterocycles. The van der Waals surface area contributed by atoms with Crippen molar-refractivity contribution < 1.29 is 27.1 Å². The molecule has 0 N–H and O–H groups in total. The van der Waals surface area contributed by atoms with E-state index in [1.165, 1.54) is 43.0 Å². The number of esters is 1. The van der Waals surface area contributed by atoms with Crippen LogP contribution in [0, 0.1) is 12.7 Å². The summed E-state index contributed by atoms with van der Waals surface area (Å²) in [4.78, 5) is 24.7. The van der Waals surface area contributed by atoms with E-state index in [0.717, 1.165) is 11.8 Å². The minimum atomic E-state index is -3.33. The lowest BCUT2D eigenvalue weighted by Gasteiger charge is -2.17. The normalized spacial score (nSPS) is 11.5. The third kappa shape index (κ3) is 4.46. The number of halogens is 1. The third-order valence-electron chi connectivity index (χ3n) is 5.12. The second-order valence-corrected chi connectivity index (χ2v) is 9.21. The number of carbonyl (C=O) groups excluding carboxylic acids is 1. The van der Waals surface area contributed by atoms with E-state index < -0.39 is 21.6 Å². The number of aromatic nitrogens is 1. The van der Waals surface area contributed by atoms with Crippen molar-refractivity contribution in [2.45, 2.75) is 18.2 Å². The highest BCUT2D eigenvalue weighted by atomic mass is 32.2. The van der Waals surface area contributed by atoms with Gasteiger partial charge >= 0.3 is 5.97 Å². The smallest absolute Gasteiger partial charge is 0.343 e. The van der Waals surface area contributed by atoms with Crippen molar-refractivity contribution >= 4 is 26.7 Å². The van der Waals surface area contributed by atoms with Gasteiger partial charge in [0.05, 0.1) is 17.5 Å². The van der Waals surface area contributed by atoms with Crippen molar-refractivity contribution in [3.05, 3.63) is 69.3 Å². The lowest BCUT2D eigenvalue weighted by molar-refractivity contribution is -0.142. The predicted molar refractivity (Wildman–Crippen MR) is 114 cm³/mol. The minimum absolute atomic E-state index is 0.0704. The Bertz CT molecular complexity index is 1330. The van der Waals surface area contributed by atoms with Gasteiger partial charge in [-0.15, -0.1) is 0 Å². The Morgan fingerprint density at radius 2 is 1.77 bits per heavy atom.